The smallest absolute Gasteiger partial charge is 0.0540 e. The molecule has 66 heavy (non-hydrogen) atoms. The van der Waals surface area contributed by atoms with Crippen LogP contribution in [0.5, 0.6) is 0 Å². The third-order valence-corrected chi connectivity index (χ3v) is 14.6. The van der Waals surface area contributed by atoms with Crippen LogP contribution in [0.3, 0.4) is 0 Å². The van der Waals surface area contributed by atoms with Gasteiger partial charge >= 0.3 is 0 Å². The van der Waals surface area contributed by atoms with Crippen LogP contribution in [-0.4, -0.2) is 0 Å². The van der Waals surface area contributed by atoms with E-state index in [0.717, 1.165) is 17.1 Å². The van der Waals surface area contributed by atoms with Crippen LogP contribution in [0.15, 0.2) is 261 Å². The van der Waals surface area contributed by atoms with Crippen LogP contribution in [-0.2, 0) is 5.41 Å². The molecule has 1 nitrogen and oxygen atoms in total. The molecule has 0 aliphatic heterocycles. The van der Waals surface area contributed by atoms with Gasteiger partial charge in [-0.15, -0.1) is 0 Å². The minimum absolute atomic E-state index is 0.283. The second-order valence-electron chi connectivity index (χ2n) is 17.9. The Kier molecular flexibility index (Phi) is 8.96. The van der Waals surface area contributed by atoms with Crippen molar-refractivity contribution in [1.29, 1.82) is 0 Å². The molecule has 1 heteroatoms. The van der Waals surface area contributed by atoms with Crippen LogP contribution in [0.2, 0.25) is 0 Å². The van der Waals surface area contributed by atoms with Crippen molar-refractivity contribution in [1.82, 2.24) is 0 Å². The van der Waals surface area contributed by atoms with Gasteiger partial charge in [-0.2, -0.15) is 0 Å². The van der Waals surface area contributed by atoms with E-state index in [0.29, 0.717) is 5.92 Å². The normalized spacial score (nSPS) is 15.9. The lowest BCUT2D eigenvalue weighted by atomic mass is 9.65. The maximum Gasteiger partial charge on any atom is 0.0540 e. The summed E-state index contributed by atoms with van der Waals surface area (Å²) in [6.07, 6.45) is 9.41. The zero-order chi connectivity index (χ0) is 43.6. The van der Waals surface area contributed by atoms with Crippen molar-refractivity contribution < 1.29 is 0 Å². The summed E-state index contributed by atoms with van der Waals surface area (Å²) in [7, 11) is 0. The zero-order valence-electron chi connectivity index (χ0n) is 36.4. The first-order chi connectivity index (χ1) is 32.8. The quantitative estimate of drug-likeness (QED) is 0.155. The summed E-state index contributed by atoms with van der Waals surface area (Å²) in [6.45, 7) is 0. The summed E-state index contributed by atoms with van der Waals surface area (Å²) in [5.41, 5.74) is 21.0. The SMILES string of the molecule is C1=CC2c3ccc(-c4cccc(N(c5ccc(-c6ccccc6)cc5)c5ccccc5-c5ccc6ccccc6c5-c5ccccc5)c4)cc3C3(c4ccccc4-c4ccccc43)C2C=C1. The zero-order valence-corrected chi connectivity index (χ0v) is 36.4. The van der Waals surface area contributed by atoms with Gasteiger partial charge < -0.3 is 4.90 Å². The van der Waals surface area contributed by atoms with Gasteiger partial charge in [-0.25, -0.2) is 0 Å². The Hall–Kier alpha value is -8.26. The standard InChI is InChI=1S/C65H45N/c1-3-18-44(19-4-1)45-34-38-50(39-35-45)66(63-33-16-12-29-57(63)58-41-36-46-20-7-8-25-52(46)64(58)47-21-5-2-6-22-47)51-24-17-23-48(42-51)49-37-40-56-55-28-11-15-32-61(55)65(62(56)43-49)59-30-13-9-26-53(59)54-27-10-14-31-60(54)65/h1-43,55,61H. The molecule has 0 aromatic heterocycles. The van der Waals surface area contributed by atoms with Gasteiger partial charge in [-0.05, 0) is 119 Å². The van der Waals surface area contributed by atoms with E-state index >= 15 is 0 Å². The number of fused-ring (bicyclic) bond motifs is 11. The van der Waals surface area contributed by atoms with Crippen LogP contribution in [0.25, 0.3) is 66.4 Å². The Labute approximate surface area is 386 Å². The summed E-state index contributed by atoms with van der Waals surface area (Å²) in [6, 6.07) is 87.7. The van der Waals surface area contributed by atoms with Crippen LogP contribution in [0.4, 0.5) is 17.1 Å². The molecule has 0 amide bonds. The fourth-order valence-electron chi connectivity index (χ4n) is 11.8. The van der Waals surface area contributed by atoms with E-state index in [1.807, 2.05) is 0 Å². The third kappa shape index (κ3) is 5.87. The van der Waals surface area contributed by atoms with Crippen molar-refractivity contribution in [2.45, 2.75) is 11.3 Å². The van der Waals surface area contributed by atoms with E-state index in [2.05, 4.69) is 266 Å². The molecule has 3 aliphatic carbocycles. The fourth-order valence-corrected chi connectivity index (χ4v) is 11.8. The summed E-state index contributed by atoms with van der Waals surface area (Å²) in [5, 5.41) is 2.47. The average Bonchev–Trinajstić information content (AvgIpc) is 3.86. The minimum Gasteiger partial charge on any atom is -0.310 e. The molecule has 0 fully saturated rings. The Morgan fingerprint density at radius 2 is 0.939 bits per heavy atom. The van der Waals surface area contributed by atoms with Crippen molar-refractivity contribution in [3.63, 3.8) is 0 Å². The maximum absolute atomic E-state index is 2.53. The molecule has 10 aromatic rings. The van der Waals surface area contributed by atoms with Crippen LogP contribution in [0, 0.1) is 5.92 Å². The number of allylic oxidation sites excluding steroid dienone is 4. The highest BCUT2D eigenvalue weighted by Gasteiger charge is 2.57. The molecule has 3 aliphatic rings. The molecular formula is C65H45N. The number of rotatable bonds is 7. The molecule has 0 bridgehead atoms. The lowest BCUT2D eigenvalue weighted by molar-refractivity contribution is 0.465. The highest BCUT2D eigenvalue weighted by atomic mass is 15.1. The molecule has 0 saturated carbocycles. The van der Waals surface area contributed by atoms with Gasteiger partial charge in [0, 0.05) is 28.8 Å². The molecule has 2 atom stereocenters. The molecule has 1 spiro atoms. The summed E-state index contributed by atoms with van der Waals surface area (Å²) < 4.78 is 0. The van der Waals surface area contributed by atoms with Crippen molar-refractivity contribution in [2.24, 2.45) is 5.92 Å². The summed E-state index contributed by atoms with van der Waals surface area (Å²) in [4.78, 5) is 2.46. The van der Waals surface area contributed by atoms with E-state index < -0.39 is 0 Å². The largest absolute Gasteiger partial charge is 0.310 e. The molecular weight excluding hydrogens is 795 g/mol. The summed E-state index contributed by atoms with van der Waals surface area (Å²) >= 11 is 0. The van der Waals surface area contributed by atoms with E-state index in [1.165, 1.54) is 88.7 Å². The third-order valence-electron chi connectivity index (χ3n) is 14.6. The van der Waals surface area contributed by atoms with Gasteiger partial charge in [0.2, 0.25) is 0 Å². The van der Waals surface area contributed by atoms with Gasteiger partial charge in [-0.3, -0.25) is 0 Å². The lowest BCUT2D eigenvalue weighted by Crippen LogP contribution is -2.32. The van der Waals surface area contributed by atoms with Crippen LogP contribution < -0.4 is 4.90 Å². The highest BCUT2D eigenvalue weighted by molar-refractivity contribution is 6.06. The molecule has 0 N–H and O–H groups in total. The second-order valence-corrected chi connectivity index (χ2v) is 17.9. The van der Waals surface area contributed by atoms with Gasteiger partial charge in [0.15, 0.2) is 0 Å². The van der Waals surface area contributed by atoms with Crippen LogP contribution >= 0.6 is 0 Å². The highest BCUT2D eigenvalue weighted by Crippen LogP contribution is 2.65. The van der Waals surface area contributed by atoms with Crippen molar-refractivity contribution >= 4 is 27.8 Å². The van der Waals surface area contributed by atoms with Crippen molar-refractivity contribution in [3.05, 3.63) is 283 Å². The Morgan fingerprint density at radius 3 is 1.71 bits per heavy atom. The van der Waals surface area contributed by atoms with E-state index in [4.69, 9.17) is 0 Å². The monoisotopic (exact) mass is 839 g/mol. The minimum atomic E-state index is -0.288. The molecule has 2 unspecified atom stereocenters. The Morgan fingerprint density at radius 1 is 0.348 bits per heavy atom. The molecule has 310 valence electrons. The number of hydrogen-bond acceptors (Lipinski definition) is 1. The predicted molar refractivity (Wildman–Crippen MR) is 277 cm³/mol. The summed E-state index contributed by atoms with van der Waals surface area (Å²) in [5.74, 6) is 0.581. The van der Waals surface area contributed by atoms with Gasteiger partial charge in [0.05, 0.1) is 11.1 Å². The van der Waals surface area contributed by atoms with Crippen molar-refractivity contribution in [3.8, 4) is 55.6 Å². The van der Waals surface area contributed by atoms with E-state index in [1.54, 1.807) is 0 Å². The maximum atomic E-state index is 2.53. The Balaban J connectivity index is 1.00. The number of hydrogen-bond donors (Lipinski definition) is 0. The molecule has 10 aromatic carbocycles. The first-order valence-electron chi connectivity index (χ1n) is 23.2. The number of anilines is 3. The van der Waals surface area contributed by atoms with Crippen molar-refractivity contribution in [2.75, 3.05) is 4.90 Å². The molecule has 0 heterocycles. The van der Waals surface area contributed by atoms with Gasteiger partial charge in [0.1, 0.15) is 0 Å². The van der Waals surface area contributed by atoms with E-state index in [-0.39, 0.29) is 11.3 Å². The molecule has 0 radical (unpaired) electrons. The topological polar surface area (TPSA) is 3.24 Å². The second kappa shape index (κ2) is 15.5. The first kappa shape index (κ1) is 38.2. The van der Waals surface area contributed by atoms with Gasteiger partial charge in [-0.1, -0.05) is 224 Å². The number of para-hydroxylation sites is 1. The lowest BCUT2D eigenvalue weighted by Gasteiger charge is -2.36. The fraction of sp³-hybridized carbons (Fsp3) is 0.0462. The Bertz CT molecular complexity index is 3500. The average molecular weight is 840 g/mol. The number of nitrogens with zero attached hydrogens (tertiary/aromatic N) is 1. The van der Waals surface area contributed by atoms with Crippen LogP contribution in [0.1, 0.15) is 28.2 Å². The first-order valence-corrected chi connectivity index (χ1v) is 23.2. The van der Waals surface area contributed by atoms with Gasteiger partial charge in [0.25, 0.3) is 0 Å². The molecule has 0 saturated heterocycles. The van der Waals surface area contributed by atoms with E-state index in [9.17, 15) is 0 Å². The number of benzene rings is 10. The predicted octanol–water partition coefficient (Wildman–Crippen LogP) is 17.1. The molecule has 13 rings (SSSR count).